The van der Waals surface area contributed by atoms with E-state index in [-0.39, 0.29) is 18.0 Å². The van der Waals surface area contributed by atoms with Gasteiger partial charge < -0.3 is 14.2 Å². The summed E-state index contributed by atoms with van der Waals surface area (Å²) in [6.07, 6.45) is 3.46. The van der Waals surface area contributed by atoms with Crippen LogP contribution in [0.4, 0.5) is 10.1 Å². The van der Waals surface area contributed by atoms with Crippen molar-refractivity contribution in [2.75, 3.05) is 24.5 Å². The van der Waals surface area contributed by atoms with E-state index in [1.54, 1.807) is 23.5 Å². The van der Waals surface area contributed by atoms with E-state index in [9.17, 15) is 9.18 Å². The van der Waals surface area contributed by atoms with E-state index in [1.165, 1.54) is 12.1 Å². The zero-order valence-electron chi connectivity index (χ0n) is 23.9. The van der Waals surface area contributed by atoms with Gasteiger partial charge in [0.05, 0.1) is 29.8 Å². The molecular weight excluding hydrogens is 577 g/mol. The van der Waals surface area contributed by atoms with E-state index in [1.807, 2.05) is 83.4 Å². The van der Waals surface area contributed by atoms with Gasteiger partial charge in [-0.05, 0) is 53.1 Å². The molecule has 1 aromatic heterocycles. The van der Waals surface area contributed by atoms with Crippen LogP contribution in [0.1, 0.15) is 22.4 Å². The highest BCUT2D eigenvalue weighted by Gasteiger charge is 2.28. The zero-order valence-corrected chi connectivity index (χ0v) is 24.6. The van der Waals surface area contributed by atoms with Crippen molar-refractivity contribution >= 4 is 23.2 Å². The first-order valence-electron chi connectivity index (χ1n) is 14.2. The molecule has 1 fully saturated rings. The van der Waals surface area contributed by atoms with Crippen LogP contribution in [0.3, 0.4) is 0 Å². The number of ether oxygens (including phenoxy) is 1. The number of imidazole rings is 1. The van der Waals surface area contributed by atoms with Crippen molar-refractivity contribution in [1.29, 1.82) is 5.26 Å². The summed E-state index contributed by atoms with van der Waals surface area (Å²) in [5.74, 6) is 0.167. The van der Waals surface area contributed by atoms with Crippen molar-refractivity contribution in [2.24, 2.45) is 0 Å². The molecule has 5 aromatic rings. The van der Waals surface area contributed by atoms with E-state index in [4.69, 9.17) is 21.6 Å². The summed E-state index contributed by atoms with van der Waals surface area (Å²) in [6.45, 7) is 2.75. The Labute approximate surface area is 260 Å². The number of rotatable bonds is 9. The number of piperazine rings is 1. The second-order valence-corrected chi connectivity index (χ2v) is 11.1. The van der Waals surface area contributed by atoms with Crippen LogP contribution in [0.15, 0.2) is 104 Å². The van der Waals surface area contributed by atoms with Gasteiger partial charge in [0.2, 0.25) is 5.91 Å². The maximum atomic E-state index is 14.1. The Kier molecular flexibility index (Phi) is 8.69. The molecule has 44 heavy (non-hydrogen) atoms. The van der Waals surface area contributed by atoms with Gasteiger partial charge in [-0.15, -0.1) is 0 Å². The van der Waals surface area contributed by atoms with Crippen molar-refractivity contribution in [1.82, 2.24) is 14.5 Å². The molecule has 0 bridgehead atoms. The van der Waals surface area contributed by atoms with Crippen molar-refractivity contribution in [3.63, 3.8) is 0 Å². The van der Waals surface area contributed by atoms with Gasteiger partial charge in [0.1, 0.15) is 24.2 Å². The molecule has 1 saturated heterocycles. The normalized spacial score (nSPS) is 13.6. The zero-order chi connectivity index (χ0) is 30.5. The van der Waals surface area contributed by atoms with Crippen LogP contribution < -0.4 is 9.64 Å². The van der Waals surface area contributed by atoms with Crippen LogP contribution in [-0.2, 0) is 24.5 Å². The Hall–Kier alpha value is -4.97. The molecule has 2 heterocycles. The average molecular weight is 606 g/mol. The molecule has 1 aliphatic heterocycles. The molecular formula is C35H29ClFN5O2. The van der Waals surface area contributed by atoms with Crippen molar-refractivity contribution in [3.05, 3.63) is 137 Å². The fourth-order valence-electron chi connectivity index (χ4n) is 5.37. The lowest BCUT2D eigenvalue weighted by atomic mass is 10.0. The standard InChI is InChI=1S/C35H29ClFN5O2/c36-29-11-12-32(27-7-4-8-31(16-27)44-23-25-5-2-1-3-6-25)34(17-29)42-14-13-40(22-35(42)43)21-30-19-39-24-41(30)20-26-9-10-28(18-38)33(37)15-26/h1-12,15-17,19,24H,13-14,20-23H2. The van der Waals surface area contributed by atoms with Gasteiger partial charge in [0.15, 0.2) is 0 Å². The number of hydrogen-bond donors (Lipinski definition) is 0. The molecule has 7 nitrogen and oxygen atoms in total. The van der Waals surface area contributed by atoms with Gasteiger partial charge in [0, 0.05) is 43.0 Å². The van der Waals surface area contributed by atoms with Crippen LogP contribution in [-0.4, -0.2) is 40.0 Å². The highest BCUT2D eigenvalue weighted by atomic mass is 35.5. The van der Waals surface area contributed by atoms with Crippen LogP contribution in [0, 0.1) is 17.1 Å². The first kappa shape index (κ1) is 29.1. The molecule has 9 heteroatoms. The third kappa shape index (κ3) is 6.65. The lowest BCUT2D eigenvalue weighted by molar-refractivity contribution is -0.121. The smallest absolute Gasteiger partial charge is 0.241 e. The Morgan fingerprint density at radius 1 is 0.932 bits per heavy atom. The molecule has 0 unspecified atom stereocenters. The minimum absolute atomic E-state index is 0.0166. The number of anilines is 1. The fraction of sp³-hybridized carbons (Fsp3) is 0.171. The molecule has 6 rings (SSSR count). The Morgan fingerprint density at radius 3 is 2.59 bits per heavy atom. The highest BCUT2D eigenvalue weighted by Crippen LogP contribution is 2.36. The highest BCUT2D eigenvalue weighted by molar-refractivity contribution is 6.31. The quantitative estimate of drug-likeness (QED) is 0.187. The lowest BCUT2D eigenvalue weighted by Gasteiger charge is -2.35. The van der Waals surface area contributed by atoms with Gasteiger partial charge >= 0.3 is 0 Å². The minimum atomic E-state index is -0.541. The predicted molar refractivity (Wildman–Crippen MR) is 168 cm³/mol. The Bertz CT molecular complexity index is 1830. The summed E-state index contributed by atoms with van der Waals surface area (Å²) in [5.41, 5.74) is 5.32. The minimum Gasteiger partial charge on any atom is -0.489 e. The topological polar surface area (TPSA) is 74.4 Å². The van der Waals surface area contributed by atoms with Gasteiger partial charge in [-0.2, -0.15) is 5.26 Å². The largest absolute Gasteiger partial charge is 0.489 e. The lowest BCUT2D eigenvalue weighted by Crippen LogP contribution is -2.50. The molecule has 0 radical (unpaired) electrons. The van der Waals surface area contributed by atoms with Crippen LogP contribution in [0.2, 0.25) is 5.02 Å². The van der Waals surface area contributed by atoms with Crippen LogP contribution >= 0.6 is 11.6 Å². The number of nitriles is 1. The SMILES string of the molecule is N#Cc1ccc(Cn2cncc2CN2CCN(c3cc(Cl)ccc3-c3cccc(OCc4ccccc4)c3)C(=O)C2)cc1F. The molecule has 1 aliphatic rings. The number of aromatic nitrogens is 2. The second kappa shape index (κ2) is 13.1. The van der Waals surface area contributed by atoms with Gasteiger partial charge in [0.25, 0.3) is 0 Å². The summed E-state index contributed by atoms with van der Waals surface area (Å²) in [7, 11) is 0. The van der Waals surface area contributed by atoms with Gasteiger partial charge in [-0.1, -0.05) is 66.2 Å². The van der Waals surface area contributed by atoms with Crippen LogP contribution in [0.25, 0.3) is 11.1 Å². The number of benzene rings is 4. The monoisotopic (exact) mass is 605 g/mol. The molecule has 220 valence electrons. The molecule has 0 N–H and O–H groups in total. The summed E-state index contributed by atoms with van der Waals surface area (Å²) in [6, 6.07) is 29.9. The van der Waals surface area contributed by atoms with E-state index in [2.05, 4.69) is 9.88 Å². The van der Waals surface area contributed by atoms with E-state index in [0.29, 0.717) is 37.8 Å². The van der Waals surface area contributed by atoms with E-state index < -0.39 is 5.82 Å². The molecule has 4 aromatic carbocycles. The predicted octanol–water partition coefficient (Wildman–Crippen LogP) is 6.69. The third-order valence-electron chi connectivity index (χ3n) is 7.63. The maximum Gasteiger partial charge on any atom is 0.241 e. The van der Waals surface area contributed by atoms with Crippen LogP contribution in [0.5, 0.6) is 5.75 Å². The Balaban J connectivity index is 1.15. The van der Waals surface area contributed by atoms with Crippen molar-refractivity contribution in [2.45, 2.75) is 19.7 Å². The molecule has 0 atom stereocenters. The van der Waals surface area contributed by atoms with Crippen molar-refractivity contribution in [3.8, 4) is 22.9 Å². The Morgan fingerprint density at radius 2 is 1.80 bits per heavy atom. The summed E-state index contributed by atoms with van der Waals surface area (Å²) in [4.78, 5) is 21.7. The number of carbonyl (C=O) groups excluding carboxylic acids is 1. The molecule has 1 amide bonds. The third-order valence-corrected chi connectivity index (χ3v) is 7.87. The summed E-state index contributed by atoms with van der Waals surface area (Å²) in [5, 5.41) is 9.56. The molecule has 0 saturated carbocycles. The molecule has 0 aliphatic carbocycles. The van der Waals surface area contributed by atoms with Crippen molar-refractivity contribution < 1.29 is 13.9 Å². The van der Waals surface area contributed by atoms with E-state index >= 15 is 0 Å². The number of nitrogens with zero attached hydrogens (tertiary/aromatic N) is 5. The number of hydrogen-bond acceptors (Lipinski definition) is 5. The summed E-state index contributed by atoms with van der Waals surface area (Å²) < 4.78 is 22.1. The number of carbonyl (C=O) groups is 1. The molecule has 0 spiro atoms. The summed E-state index contributed by atoms with van der Waals surface area (Å²) >= 11 is 6.43. The van der Waals surface area contributed by atoms with E-state index in [0.717, 1.165) is 39.4 Å². The first-order chi connectivity index (χ1) is 21.5. The second-order valence-electron chi connectivity index (χ2n) is 10.7. The van der Waals surface area contributed by atoms with Gasteiger partial charge in [-0.3, -0.25) is 9.69 Å². The maximum absolute atomic E-state index is 14.1. The van der Waals surface area contributed by atoms with Gasteiger partial charge in [-0.25, -0.2) is 9.37 Å². The number of amides is 1. The fourth-order valence-corrected chi connectivity index (χ4v) is 5.54. The first-order valence-corrected chi connectivity index (χ1v) is 14.6. The number of halogens is 2. The average Bonchev–Trinajstić information content (AvgIpc) is 3.47.